The molecule has 108 valence electrons. The summed E-state index contributed by atoms with van der Waals surface area (Å²) in [5.74, 6) is 0.953. The number of nitrogens with zero attached hydrogens (tertiary/aromatic N) is 1. The Hall–Kier alpha value is -1.06. The molecular weight excluding hydrogens is 236 g/mol. The molecule has 0 saturated heterocycles. The van der Waals surface area contributed by atoms with Crippen molar-refractivity contribution in [2.75, 3.05) is 26.2 Å². The summed E-state index contributed by atoms with van der Waals surface area (Å²) in [6.45, 7) is 13.0. The van der Waals surface area contributed by atoms with Gasteiger partial charge in [-0.3, -0.25) is 4.90 Å². The van der Waals surface area contributed by atoms with E-state index in [0.717, 1.165) is 25.4 Å². The summed E-state index contributed by atoms with van der Waals surface area (Å²) in [7, 11) is 0. The SMILES string of the molecule is CCOc1cccc(CN(CC)CC(C)(C)CN)c1. The largest absolute Gasteiger partial charge is 0.494 e. The van der Waals surface area contributed by atoms with E-state index in [2.05, 4.69) is 43.9 Å². The van der Waals surface area contributed by atoms with Crippen molar-refractivity contribution in [2.24, 2.45) is 11.1 Å². The molecule has 0 unspecified atom stereocenters. The molecule has 0 heterocycles. The fourth-order valence-electron chi connectivity index (χ4n) is 2.11. The molecule has 0 radical (unpaired) electrons. The highest BCUT2D eigenvalue weighted by atomic mass is 16.5. The van der Waals surface area contributed by atoms with E-state index in [1.165, 1.54) is 5.56 Å². The minimum absolute atomic E-state index is 0.160. The zero-order valence-corrected chi connectivity index (χ0v) is 12.8. The van der Waals surface area contributed by atoms with Crippen LogP contribution in [0.5, 0.6) is 5.75 Å². The first kappa shape index (κ1) is 16.0. The Morgan fingerprint density at radius 3 is 2.58 bits per heavy atom. The zero-order chi connectivity index (χ0) is 14.3. The number of benzene rings is 1. The molecule has 1 aromatic rings. The molecule has 0 aliphatic rings. The Balaban J connectivity index is 2.67. The Morgan fingerprint density at radius 1 is 1.26 bits per heavy atom. The molecule has 0 amide bonds. The average molecular weight is 264 g/mol. The van der Waals surface area contributed by atoms with Gasteiger partial charge in [-0.15, -0.1) is 0 Å². The molecular formula is C16H28N2O. The maximum absolute atomic E-state index is 5.82. The summed E-state index contributed by atoms with van der Waals surface area (Å²) in [5, 5.41) is 0. The zero-order valence-electron chi connectivity index (χ0n) is 12.8. The van der Waals surface area contributed by atoms with Gasteiger partial charge in [0, 0.05) is 13.1 Å². The van der Waals surface area contributed by atoms with Crippen molar-refractivity contribution in [3.8, 4) is 5.75 Å². The van der Waals surface area contributed by atoms with Crippen LogP contribution in [0, 0.1) is 5.41 Å². The van der Waals surface area contributed by atoms with Gasteiger partial charge in [0.05, 0.1) is 6.61 Å². The molecule has 0 aliphatic carbocycles. The highest BCUT2D eigenvalue weighted by molar-refractivity contribution is 5.28. The van der Waals surface area contributed by atoms with Crippen molar-refractivity contribution >= 4 is 0 Å². The summed E-state index contributed by atoms with van der Waals surface area (Å²) in [4.78, 5) is 2.43. The lowest BCUT2D eigenvalue weighted by molar-refractivity contribution is 0.183. The maximum atomic E-state index is 5.82. The third-order valence-electron chi connectivity index (χ3n) is 3.27. The molecule has 1 rings (SSSR count). The van der Waals surface area contributed by atoms with Crippen LogP contribution in [0.3, 0.4) is 0 Å². The Bertz CT molecular complexity index is 377. The van der Waals surface area contributed by atoms with Gasteiger partial charge in [0.2, 0.25) is 0 Å². The molecule has 3 nitrogen and oxygen atoms in total. The molecule has 0 saturated carbocycles. The topological polar surface area (TPSA) is 38.5 Å². The van der Waals surface area contributed by atoms with Crippen molar-refractivity contribution < 1.29 is 4.74 Å². The van der Waals surface area contributed by atoms with Gasteiger partial charge in [-0.1, -0.05) is 32.9 Å². The van der Waals surface area contributed by atoms with Crippen LogP contribution in [-0.2, 0) is 6.54 Å². The first-order chi connectivity index (χ1) is 9.00. The molecule has 0 aliphatic heterocycles. The number of hydrogen-bond acceptors (Lipinski definition) is 3. The molecule has 0 bridgehead atoms. The average Bonchev–Trinajstić information content (AvgIpc) is 2.38. The summed E-state index contributed by atoms with van der Waals surface area (Å²) in [5.41, 5.74) is 7.27. The van der Waals surface area contributed by atoms with Gasteiger partial charge in [-0.25, -0.2) is 0 Å². The van der Waals surface area contributed by atoms with Crippen molar-refractivity contribution in [1.82, 2.24) is 4.90 Å². The first-order valence-electron chi connectivity index (χ1n) is 7.15. The van der Waals surface area contributed by atoms with E-state index in [-0.39, 0.29) is 5.41 Å². The standard InChI is InChI=1S/C16H28N2O/c1-5-18(13-16(3,4)12-17)11-14-8-7-9-15(10-14)19-6-2/h7-10H,5-6,11-13,17H2,1-4H3. The van der Waals surface area contributed by atoms with Gasteiger partial charge >= 0.3 is 0 Å². The van der Waals surface area contributed by atoms with E-state index in [4.69, 9.17) is 10.5 Å². The van der Waals surface area contributed by atoms with E-state index in [9.17, 15) is 0 Å². The Kier molecular flexibility index (Phi) is 6.32. The lowest BCUT2D eigenvalue weighted by Crippen LogP contribution is -2.38. The predicted octanol–water partition coefficient (Wildman–Crippen LogP) is 2.89. The Morgan fingerprint density at radius 2 is 2.00 bits per heavy atom. The van der Waals surface area contributed by atoms with Crippen LogP contribution in [0.15, 0.2) is 24.3 Å². The smallest absolute Gasteiger partial charge is 0.119 e. The molecule has 0 aromatic heterocycles. The number of ether oxygens (including phenoxy) is 1. The van der Waals surface area contributed by atoms with Gasteiger partial charge in [0.15, 0.2) is 0 Å². The molecule has 0 atom stereocenters. The van der Waals surface area contributed by atoms with Gasteiger partial charge in [0.1, 0.15) is 5.75 Å². The van der Waals surface area contributed by atoms with E-state index in [0.29, 0.717) is 13.2 Å². The third-order valence-corrected chi connectivity index (χ3v) is 3.27. The number of nitrogens with two attached hydrogens (primary N) is 1. The van der Waals surface area contributed by atoms with Crippen LogP contribution in [0.2, 0.25) is 0 Å². The summed E-state index contributed by atoms with van der Waals surface area (Å²) < 4.78 is 5.55. The van der Waals surface area contributed by atoms with Crippen LogP contribution >= 0.6 is 0 Å². The van der Waals surface area contributed by atoms with E-state index in [1.54, 1.807) is 0 Å². The minimum Gasteiger partial charge on any atom is -0.494 e. The Labute approximate surface area is 117 Å². The van der Waals surface area contributed by atoms with Crippen LogP contribution in [0.25, 0.3) is 0 Å². The fraction of sp³-hybridized carbons (Fsp3) is 0.625. The van der Waals surface area contributed by atoms with Gasteiger partial charge in [0.25, 0.3) is 0 Å². The van der Waals surface area contributed by atoms with E-state index in [1.807, 2.05) is 13.0 Å². The lowest BCUT2D eigenvalue weighted by Gasteiger charge is -2.31. The van der Waals surface area contributed by atoms with Crippen molar-refractivity contribution in [2.45, 2.75) is 34.2 Å². The maximum Gasteiger partial charge on any atom is 0.119 e. The number of rotatable bonds is 8. The second-order valence-corrected chi connectivity index (χ2v) is 5.75. The molecule has 0 spiro atoms. The third kappa shape index (κ3) is 5.62. The van der Waals surface area contributed by atoms with Gasteiger partial charge < -0.3 is 10.5 Å². The molecule has 2 N–H and O–H groups in total. The quantitative estimate of drug-likeness (QED) is 0.784. The first-order valence-corrected chi connectivity index (χ1v) is 7.15. The monoisotopic (exact) mass is 264 g/mol. The normalized spacial score (nSPS) is 11.9. The minimum atomic E-state index is 0.160. The van der Waals surface area contributed by atoms with Crippen molar-refractivity contribution in [3.63, 3.8) is 0 Å². The van der Waals surface area contributed by atoms with E-state index >= 15 is 0 Å². The second-order valence-electron chi connectivity index (χ2n) is 5.75. The van der Waals surface area contributed by atoms with Crippen LogP contribution in [0.4, 0.5) is 0 Å². The lowest BCUT2D eigenvalue weighted by atomic mass is 9.93. The highest BCUT2D eigenvalue weighted by Crippen LogP contribution is 2.19. The number of hydrogen-bond donors (Lipinski definition) is 1. The summed E-state index contributed by atoms with van der Waals surface area (Å²) in [6.07, 6.45) is 0. The molecule has 3 heteroatoms. The molecule has 19 heavy (non-hydrogen) atoms. The molecule has 1 aromatic carbocycles. The summed E-state index contributed by atoms with van der Waals surface area (Å²) in [6, 6.07) is 8.34. The van der Waals surface area contributed by atoms with E-state index < -0.39 is 0 Å². The molecule has 0 fully saturated rings. The van der Waals surface area contributed by atoms with Gasteiger partial charge in [-0.05, 0) is 43.1 Å². The highest BCUT2D eigenvalue weighted by Gasteiger charge is 2.19. The van der Waals surface area contributed by atoms with Crippen molar-refractivity contribution in [3.05, 3.63) is 29.8 Å². The fourth-order valence-corrected chi connectivity index (χ4v) is 2.11. The second kappa shape index (κ2) is 7.51. The predicted molar refractivity (Wildman–Crippen MR) is 81.4 cm³/mol. The van der Waals surface area contributed by atoms with Crippen LogP contribution in [0.1, 0.15) is 33.3 Å². The van der Waals surface area contributed by atoms with Crippen molar-refractivity contribution in [1.29, 1.82) is 0 Å². The summed E-state index contributed by atoms with van der Waals surface area (Å²) >= 11 is 0. The van der Waals surface area contributed by atoms with Gasteiger partial charge in [-0.2, -0.15) is 0 Å². The van der Waals surface area contributed by atoms with Crippen LogP contribution in [-0.4, -0.2) is 31.1 Å². The van der Waals surface area contributed by atoms with Crippen LogP contribution < -0.4 is 10.5 Å².